The lowest BCUT2D eigenvalue weighted by molar-refractivity contribution is -0.695. The number of thiazole rings is 1. The third-order valence-electron chi connectivity index (χ3n) is 5.26. The molecule has 4 rings (SSSR count). The van der Waals surface area contributed by atoms with Crippen LogP contribution in [0.4, 0.5) is 0 Å². The highest BCUT2D eigenvalue weighted by molar-refractivity contribution is 9.10. The van der Waals surface area contributed by atoms with Gasteiger partial charge in [-0.25, -0.2) is 9.55 Å². The van der Waals surface area contributed by atoms with Crippen LogP contribution in [0.3, 0.4) is 0 Å². The Hall–Kier alpha value is -2.78. The minimum absolute atomic E-state index is 0.119. The number of hydrogen-bond donors (Lipinski definition) is 2. The van der Waals surface area contributed by atoms with Crippen LogP contribution in [-0.2, 0) is 11.3 Å². The van der Waals surface area contributed by atoms with Crippen molar-refractivity contribution in [2.75, 3.05) is 6.54 Å². The first-order valence-corrected chi connectivity index (χ1v) is 11.5. The Morgan fingerprint density at radius 3 is 2.68 bits per heavy atom. The monoisotopic (exact) mass is 501 g/mol. The maximum Gasteiger partial charge on any atom is 0.290 e. The topological polar surface area (TPSA) is 90.2 Å². The number of benzene rings is 1. The summed E-state index contributed by atoms with van der Waals surface area (Å²) in [6.07, 6.45) is 6.26. The first-order valence-electron chi connectivity index (χ1n) is 9.87. The van der Waals surface area contributed by atoms with Crippen LogP contribution in [-0.4, -0.2) is 38.2 Å². The lowest BCUT2D eigenvalue weighted by Crippen LogP contribution is -2.36. The summed E-state index contributed by atoms with van der Waals surface area (Å²) in [4.78, 5) is 35.8. The maximum absolute atomic E-state index is 13.5. The number of nitrogens with zero attached hydrogens (tertiary/aromatic N) is 3. The van der Waals surface area contributed by atoms with Crippen molar-refractivity contribution in [3.05, 3.63) is 79.9 Å². The number of halogens is 1. The molecule has 160 valence electrons. The molecule has 0 aliphatic carbocycles. The van der Waals surface area contributed by atoms with E-state index in [0.29, 0.717) is 30.1 Å². The van der Waals surface area contributed by atoms with Gasteiger partial charge < -0.3 is 10.0 Å². The standard InChI is InChI=1S/C22H21BrN4O3S/c1-13-21(31-14(2)25-13)19(28)17-18(15-4-6-16(23)7-5-15)27(22(30)20(17)29)10-3-9-26-11-8-24-12-26/h4-8,11-12,18H,3,9-10H2,1-2H3,(H,28,29)/p+1. The van der Waals surface area contributed by atoms with Crippen LogP contribution in [0.25, 0.3) is 0 Å². The van der Waals surface area contributed by atoms with Gasteiger partial charge in [0.25, 0.3) is 5.91 Å². The third-order valence-corrected chi connectivity index (χ3v) is 6.86. The second-order valence-corrected chi connectivity index (χ2v) is 9.51. The molecular weight excluding hydrogens is 480 g/mol. The number of aliphatic hydroxyl groups is 1. The summed E-state index contributed by atoms with van der Waals surface area (Å²) >= 11 is 4.71. The minimum atomic E-state index is -0.647. The fraction of sp³-hybridized carbons (Fsp3) is 0.273. The highest BCUT2D eigenvalue weighted by Crippen LogP contribution is 2.40. The fourth-order valence-electron chi connectivity index (χ4n) is 3.86. The Morgan fingerprint density at radius 1 is 1.32 bits per heavy atom. The Labute approximate surface area is 192 Å². The molecule has 1 unspecified atom stereocenters. The number of imidazole rings is 1. The largest absolute Gasteiger partial charge is 0.503 e. The van der Waals surface area contributed by atoms with Gasteiger partial charge in [-0.1, -0.05) is 28.1 Å². The number of carbonyl (C=O) groups is 2. The Kier molecular flexibility index (Phi) is 6.06. The van der Waals surface area contributed by atoms with E-state index in [4.69, 9.17) is 0 Å². The summed E-state index contributed by atoms with van der Waals surface area (Å²) in [6.45, 7) is 4.71. The summed E-state index contributed by atoms with van der Waals surface area (Å²) in [7, 11) is 0. The second kappa shape index (κ2) is 8.76. The smallest absolute Gasteiger partial charge is 0.290 e. The number of rotatable bonds is 7. The molecule has 31 heavy (non-hydrogen) atoms. The molecule has 1 aliphatic heterocycles. The number of aromatic nitrogens is 3. The van der Waals surface area contributed by atoms with Gasteiger partial charge in [-0.2, -0.15) is 0 Å². The zero-order valence-electron chi connectivity index (χ0n) is 17.1. The SMILES string of the molecule is Cc1nc(C)c(C(=O)C2=C(O)C(=O)N(CCC[n+]3cc[nH]c3)C2c2ccc(Br)cc2)s1. The van der Waals surface area contributed by atoms with E-state index < -0.39 is 17.7 Å². The molecule has 3 heterocycles. The Morgan fingerprint density at radius 2 is 2.06 bits per heavy atom. The molecule has 3 aromatic rings. The highest BCUT2D eigenvalue weighted by Gasteiger charge is 2.44. The van der Waals surface area contributed by atoms with E-state index >= 15 is 0 Å². The number of hydrogen-bond acceptors (Lipinski definition) is 5. The summed E-state index contributed by atoms with van der Waals surface area (Å²) in [5.74, 6) is -1.34. The van der Waals surface area contributed by atoms with Crippen molar-refractivity contribution in [1.82, 2.24) is 14.9 Å². The molecule has 1 aliphatic rings. The molecule has 9 heteroatoms. The number of aromatic amines is 1. The zero-order chi connectivity index (χ0) is 22.1. The van der Waals surface area contributed by atoms with E-state index in [1.54, 1.807) is 11.8 Å². The van der Waals surface area contributed by atoms with Gasteiger partial charge in [-0.05, 0) is 31.5 Å². The molecule has 1 atom stereocenters. The summed E-state index contributed by atoms with van der Waals surface area (Å²) in [5, 5.41) is 11.5. The number of nitrogens with one attached hydrogen (secondary N) is 1. The summed E-state index contributed by atoms with van der Waals surface area (Å²) < 4.78 is 2.88. The normalized spacial score (nSPS) is 16.4. The van der Waals surface area contributed by atoms with E-state index in [1.807, 2.05) is 54.5 Å². The van der Waals surface area contributed by atoms with Gasteiger partial charge in [0.15, 0.2) is 5.76 Å². The lowest BCUT2D eigenvalue weighted by atomic mass is 9.95. The predicted octanol–water partition coefficient (Wildman–Crippen LogP) is 3.81. The molecule has 0 bridgehead atoms. The van der Waals surface area contributed by atoms with Crippen LogP contribution in [0.5, 0.6) is 0 Å². The van der Waals surface area contributed by atoms with E-state index in [-0.39, 0.29) is 11.4 Å². The third kappa shape index (κ3) is 4.20. The number of carbonyl (C=O) groups excluding carboxylic acids is 2. The molecular formula is C22H22BrN4O3S+. The van der Waals surface area contributed by atoms with Gasteiger partial charge in [0.05, 0.1) is 33.7 Å². The summed E-state index contributed by atoms with van der Waals surface area (Å²) in [5.41, 5.74) is 1.50. The maximum atomic E-state index is 13.5. The van der Waals surface area contributed by atoms with Crippen LogP contribution >= 0.6 is 27.3 Å². The zero-order valence-corrected chi connectivity index (χ0v) is 19.5. The van der Waals surface area contributed by atoms with Gasteiger partial charge >= 0.3 is 0 Å². The predicted molar refractivity (Wildman–Crippen MR) is 120 cm³/mol. The average molecular weight is 502 g/mol. The minimum Gasteiger partial charge on any atom is -0.503 e. The number of aryl methyl sites for hydroxylation is 3. The number of Topliss-reactive ketones (excluding diaryl/α,β-unsaturated/α-hetero) is 1. The van der Waals surface area contributed by atoms with Crippen LogP contribution in [0.2, 0.25) is 0 Å². The van der Waals surface area contributed by atoms with Gasteiger partial charge in [0, 0.05) is 17.4 Å². The van der Waals surface area contributed by atoms with Gasteiger partial charge in [-0.3, -0.25) is 14.6 Å². The van der Waals surface area contributed by atoms with Crippen LogP contribution < -0.4 is 4.57 Å². The molecule has 0 fully saturated rings. The molecule has 0 saturated carbocycles. The number of amides is 1. The Balaban J connectivity index is 1.69. The summed E-state index contributed by atoms with van der Waals surface area (Å²) in [6, 6.07) is 6.82. The van der Waals surface area contributed by atoms with Gasteiger partial charge in [0.2, 0.25) is 12.1 Å². The first kappa shape index (κ1) is 21.5. The van der Waals surface area contributed by atoms with Gasteiger partial charge in [-0.15, -0.1) is 11.3 Å². The number of H-pyrrole nitrogens is 1. The van der Waals surface area contributed by atoms with Crippen LogP contribution in [0.1, 0.15) is 38.4 Å². The van der Waals surface area contributed by atoms with Crippen LogP contribution in [0, 0.1) is 13.8 Å². The number of aliphatic hydroxyl groups excluding tert-OH is 1. The molecule has 0 radical (unpaired) electrons. The van der Waals surface area contributed by atoms with Crippen molar-refractivity contribution in [1.29, 1.82) is 0 Å². The highest BCUT2D eigenvalue weighted by atomic mass is 79.9. The molecule has 0 spiro atoms. The Bertz CT molecular complexity index is 1150. The fourth-order valence-corrected chi connectivity index (χ4v) is 4.99. The van der Waals surface area contributed by atoms with Crippen molar-refractivity contribution in [3.8, 4) is 0 Å². The van der Waals surface area contributed by atoms with E-state index in [0.717, 1.165) is 15.0 Å². The molecule has 1 amide bonds. The molecule has 7 nitrogen and oxygen atoms in total. The van der Waals surface area contributed by atoms with Crippen molar-refractivity contribution < 1.29 is 19.3 Å². The van der Waals surface area contributed by atoms with Crippen molar-refractivity contribution >= 4 is 39.0 Å². The van der Waals surface area contributed by atoms with Crippen molar-refractivity contribution in [3.63, 3.8) is 0 Å². The molecule has 2 aromatic heterocycles. The first-order chi connectivity index (χ1) is 14.9. The molecule has 0 saturated heterocycles. The molecule has 1 aromatic carbocycles. The lowest BCUT2D eigenvalue weighted by Gasteiger charge is -2.26. The van der Waals surface area contributed by atoms with E-state index in [2.05, 4.69) is 25.9 Å². The number of ketones is 1. The quantitative estimate of drug-likeness (QED) is 0.380. The second-order valence-electron chi connectivity index (χ2n) is 7.39. The van der Waals surface area contributed by atoms with Crippen molar-refractivity contribution in [2.45, 2.75) is 32.9 Å². The van der Waals surface area contributed by atoms with E-state index in [9.17, 15) is 14.7 Å². The molecule has 2 N–H and O–H groups in total. The average Bonchev–Trinajstić information content (AvgIpc) is 3.43. The van der Waals surface area contributed by atoms with Crippen molar-refractivity contribution in [2.24, 2.45) is 0 Å². The van der Waals surface area contributed by atoms with Crippen LogP contribution in [0.15, 0.2) is 58.8 Å². The van der Waals surface area contributed by atoms with Gasteiger partial charge in [0.1, 0.15) is 12.4 Å². The van der Waals surface area contributed by atoms with E-state index in [1.165, 1.54) is 11.3 Å².